The zero-order chi connectivity index (χ0) is 14.9. The molecule has 2 aromatic rings. The zero-order valence-corrected chi connectivity index (χ0v) is 10.5. The van der Waals surface area contributed by atoms with Gasteiger partial charge in [0.1, 0.15) is 17.3 Å². The van der Waals surface area contributed by atoms with Gasteiger partial charge >= 0.3 is 0 Å². The van der Waals surface area contributed by atoms with Crippen molar-refractivity contribution in [2.45, 2.75) is 13.0 Å². The number of anilines is 1. The zero-order valence-electron chi connectivity index (χ0n) is 10.5. The van der Waals surface area contributed by atoms with E-state index in [1.54, 1.807) is 0 Å². The average Bonchev–Trinajstić information content (AvgIpc) is 2.35. The molecule has 3 N–H and O–H groups in total. The van der Waals surface area contributed by atoms with Gasteiger partial charge in [0.25, 0.3) is 0 Å². The van der Waals surface area contributed by atoms with Crippen LogP contribution in [0.2, 0.25) is 0 Å². The Kier molecular flexibility index (Phi) is 3.74. The van der Waals surface area contributed by atoms with Gasteiger partial charge in [0.15, 0.2) is 11.6 Å². The molecular weight excluding hydrogens is 271 g/mol. The molecule has 106 valence electrons. The summed E-state index contributed by atoms with van der Waals surface area (Å²) in [6, 6.07) is 4.59. The fourth-order valence-electron chi connectivity index (χ4n) is 1.95. The summed E-state index contributed by atoms with van der Waals surface area (Å²) in [5, 5.41) is 21.9. The summed E-state index contributed by atoms with van der Waals surface area (Å²) in [5.74, 6) is -3.89. The predicted octanol–water partition coefficient (Wildman–Crippen LogP) is 3.69. The first-order valence-electron chi connectivity index (χ1n) is 5.82. The van der Waals surface area contributed by atoms with Crippen molar-refractivity contribution in [1.29, 1.82) is 0 Å². The molecule has 0 spiro atoms. The van der Waals surface area contributed by atoms with Crippen LogP contribution in [0.5, 0.6) is 11.5 Å². The fourth-order valence-corrected chi connectivity index (χ4v) is 1.95. The molecule has 0 aliphatic rings. The van der Waals surface area contributed by atoms with Crippen molar-refractivity contribution in [1.82, 2.24) is 0 Å². The van der Waals surface area contributed by atoms with E-state index in [0.29, 0.717) is 6.07 Å². The number of hydrogen-bond donors (Lipinski definition) is 3. The van der Waals surface area contributed by atoms with Gasteiger partial charge in [-0.05, 0) is 19.1 Å². The number of phenols is 2. The quantitative estimate of drug-likeness (QED) is 0.753. The third kappa shape index (κ3) is 2.64. The third-order valence-corrected chi connectivity index (χ3v) is 2.86. The number of aromatic hydroxyl groups is 2. The van der Waals surface area contributed by atoms with Crippen molar-refractivity contribution in [3.8, 4) is 11.5 Å². The summed E-state index contributed by atoms with van der Waals surface area (Å²) in [7, 11) is 0. The molecule has 0 heterocycles. The second kappa shape index (κ2) is 5.32. The minimum Gasteiger partial charge on any atom is -0.507 e. The maximum Gasteiger partial charge on any atom is 0.182 e. The predicted molar refractivity (Wildman–Crippen MR) is 68.1 cm³/mol. The van der Waals surface area contributed by atoms with Crippen LogP contribution < -0.4 is 5.32 Å². The first-order chi connectivity index (χ1) is 9.40. The Bertz CT molecular complexity index is 626. The molecular formula is C14H12F3NO2. The van der Waals surface area contributed by atoms with E-state index < -0.39 is 29.2 Å². The highest BCUT2D eigenvalue weighted by Crippen LogP contribution is 2.34. The van der Waals surface area contributed by atoms with E-state index in [2.05, 4.69) is 5.32 Å². The van der Waals surface area contributed by atoms with E-state index >= 15 is 0 Å². The molecule has 1 unspecified atom stereocenters. The molecule has 2 rings (SSSR count). The van der Waals surface area contributed by atoms with Crippen LogP contribution in [-0.2, 0) is 0 Å². The standard InChI is InChI=1S/C14H12F3NO2/c1-7(13-11(19)3-2-4-12(13)20)18-10-6-8(15)5-9(16)14(10)17/h2-7,18-20H,1H3. The first kappa shape index (κ1) is 14.0. The minimum absolute atomic E-state index is 0.108. The Balaban J connectivity index is 2.35. The van der Waals surface area contributed by atoms with Crippen LogP contribution in [0, 0.1) is 17.5 Å². The smallest absolute Gasteiger partial charge is 0.182 e. The van der Waals surface area contributed by atoms with Crippen LogP contribution in [0.25, 0.3) is 0 Å². The van der Waals surface area contributed by atoms with Gasteiger partial charge in [0, 0.05) is 12.1 Å². The number of hydrogen-bond acceptors (Lipinski definition) is 3. The number of benzene rings is 2. The highest BCUT2D eigenvalue weighted by molar-refractivity contribution is 5.52. The number of rotatable bonds is 3. The van der Waals surface area contributed by atoms with E-state index in [0.717, 1.165) is 6.07 Å². The summed E-state index contributed by atoms with van der Waals surface area (Å²) in [6.07, 6.45) is 0. The lowest BCUT2D eigenvalue weighted by Gasteiger charge is -2.18. The summed E-state index contributed by atoms with van der Waals surface area (Å²) in [5.41, 5.74) is -0.283. The summed E-state index contributed by atoms with van der Waals surface area (Å²) >= 11 is 0. The fraction of sp³-hybridized carbons (Fsp3) is 0.143. The Hall–Kier alpha value is -2.37. The molecule has 0 saturated heterocycles. The number of nitrogens with one attached hydrogen (secondary N) is 1. The molecule has 0 fully saturated rings. The highest BCUT2D eigenvalue weighted by Gasteiger charge is 2.18. The van der Waals surface area contributed by atoms with Gasteiger partial charge in [-0.3, -0.25) is 0 Å². The van der Waals surface area contributed by atoms with E-state index in [9.17, 15) is 23.4 Å². The van der Waals surface area contributed by atoms with Crippen molar-refractivity contribution in [3.05, 3.63) is 53.3 Å². The van der Waals surface area contributed by atoms with Crippen LogP contribution in [0.4, 0.5) is 18.9 Å². The Morgan fingerprint density at radius 3 is 2.25 bits per heavy atom. The molecule has 0 radical (unpaired) electrons. The van der Waals surface area contributed by atoms with Gasteiger partial charge in [0.05, 0.1) is 17.3 Å². The van der Waals surface area contributed by atoms with Crippen LogP contribution in [-0.4, -0.2) is 10.2 Å². The lowest BCUT2D eigenvalue weighted by Crippen LogP contribution is -2.09. The molecule has 6 heteroatoms. The molecule has 0 bridgehead atoms. The van der Waals surface area contributed by atoms with Crippen molar-refractivity contribution in [2.24, 2.45) is 0 Å². The molecule has 0 saturated carbocycles. The van der Waals surface area contributed by atoms with Crippen LogP contribution in [0.3, 0.4) is 0 Å². The maximum absolute atomic E-state index is 13.5. The maximum atomic E-state index is 13.5. The monoisotopic (exact) mass is 283 g/mol. The Morgan fingerprint density at radius 1 is 1.05 bits per heavy atom. The minimum atomic E-state index is -1.32. The van der Waals surface area contributed by atoms with E-state index in [-0.39, 0.29) is 17.1 Å². The van der Waals surface area contributed by atoms with Crippen molar-refractivity contribution < 1.29 is 23.4 Å². The molecule has 1 atom stereocenters. The van der Waals surface area contributed by atoms with Gasteiger partial charge in [0.2, 0.25) is 0 Å². The second-order valence-electron chi connectivity index (χ2n) is 4.33. The van der Waals surface area contributed by atoms with Gasteiger partial charge < -0.3 is 15.5 Å². The molecule has 3 nitrogen and oxygen atoms in total. The van der Waals surface area contributed by atoms with Crippen molar-refractivity contribution in [2.75, 3.05) is 5.32 Å². The Morgan fingerprint density at radius 2 is 1.65 bits per heavy atom. The number of halogens is 3. The molecule has 0 aliphatic heterocycles. The van der Waals surface area contributed by atoms with E-state index in [1.807, 2.05) is 0 Å². The number of phenolic OH excluding ortho intramolecular Hbond substituents is 2. The van der Waals surface area contributed by atoms with Gasteiger partial charge in [-0.1, -0.05) is 6.07 Å². The normalized spacial score (nSPS) is 12.2. The summed E-state index contributed by atoms with van der Waals surface area (Å²) in [4.78, 5) is 0. The van der Waals surface area contributed by atoms with Gasteiger partial charge in [-0.25, -0.2) is 13.2 Å². The summed E-state index contributed by atoms with van der Waals surface area (Å²) in [6.45, 7) is 1.51. The van der Waals surface area contributed by atoms with Crippen molar-refractivity contribution in [3.63, 3.8) is 0 Å². The lowest BCUT2D eigenvalue weighted by atomic mass is 10.1. The highest BCUT2D eigenvalue weighted by atomic mass is 19.2. The third-order valence-electron chi connectivity index (χ3n) is 2.86. The molecule has 0 amide bonds. The van der Waals surface area contributed by atoms with Gasteiger partial charge in [-0.2, -0.15) is 0 Å². The SMILES string of the molecule is CC(Nc1cc(F)cc(F)c1F)c1c(O)cccc1O. The molecule has 2 aromatic carbocycles. The van der Waals surface area contributed by atoms with Gasteiger partial charge in [-0.15, -0.1) is 0 Å². The topological polar surface area (TPSA) is 52.5 Å². The second-order valence-corrected chi connectivity index (χ2v) is 4.33. The lowest BCUT2D eigenvalue weighted by molar-refractivity contribution is 0.434. The van der Waals surface area contributed by atoms with Crippen molar-refractivity contribution >= 4 is 5.69 Å². The summed E-state index contributed by atoms with van der Waals surface area (Å²) < 4.78 is 39.7. The van der Waals surface area contributed by atoms with E-state index in [4.69, 9.17) is 0 Å². The molecule has 0 aliphatic carbocycles. The van der Waals surface area contributed by atoms with Crippen LogP contribution in [0.1, 0.15) is 18.5 Å². The average molecular weight is 283 g/mol. The van der Waals surface area contributed by atoms with E-state index in [1.165, 1.54) is 25.1 Å². The molecule has 20 heavy (non-hydrogen) atoms. The van der Waals surface area contributed by atoms with Crippen LogP contribution >= 0.6 is 0 Å². The first-order valence-corrected chi connectivity index (χ1v) is 5.82. The largest absolute Gasteiger partial charge is 0.507 e. The molecule has 0 aromatic heterocycles. The Labute approximate surface area is 113 Å². The van der Waals surface area contributed by atoms with Crippen LogP contribution in [0.15, 0.2) is 30.3 Å².